The number of nitrogens with one attached hydrogen (secondary N) is 1. The Labute approximate surface area is 119 Å². The highest BCUT2D eigenvalue weighted by Gasteiger charge is 2.15. The average Bonchev–Trinajstić information content (AvgIpc) is 2.39. The molecule has 5 heteroatoms. The van der Waals surface area contributed by atoms with E-state index < -0.39 is 5.97 Å². The third-order valence-corrected chi connectivity index (χ3v) is 3.45. The van der Waals surface area contributed by atoms with Gasteiger partial charge in [-0.05, 0) is 56.5 Å². The molecule has 0 radical (unpaired) electrons. The molecule has 0 aliphatic carbocycles. The molecule has 0 aliphatic rings. The van der Waals surface area contributed by atoms with Crippen molar-refractivity contribution < 1.29 is 14.7 Å². The number of carbonyl (C=O) groups is 2. The van der Waals surface area contributed by atoms with E-state index in [0.29, 0.717) is 17.8 Å². The average molecular weight is 278 g/mol. The fraction of sp³-hybridized carbons (Fsp3) is 0.467. The van der Waals surface area contributed by atoms with Gasteiger partial charge in [0.15, 0.2) is 0 Å². The van der Waals surface area contributed by atoms with Crippen molar-refractivity contribution in [3.63, 3.8) is 0 Å². The van der Waals surface area contributed by atoms with Crippen molar-refractivity contribution >= 4 is 17.6 Å². The van der Waals surface area contributed by atoms with Crippen LogP contribution >= 0.6 is 0 Å². The van der Waals surface area contributed by atoms with Crippen LogP contribution in [0.1, 0.15) is 41.3 Å². The van der Waals surface area contributed by atoms with Crippen LogP contribution in [0.5, 0.6) is 0 Å². The molecule has 0 saturated carbocycles. The van der Waals surface area contributed by atoms with Gasteiger partial charge in [0, 0.05) is 11.6 Å². The molecular weight excluding hydrogens is 256 g/mol. The molecule has 1 rings (SSSR count). The van der Waals surface area contributed by atoms with E-state index >= 15 is 0 Å². The second kappa shape index (κ2) is 7.05. The van der Waals surface area contributed by atoms with Crippen molar-refractivity contribution in [1.82, 2.24) is 0 Å². The normalized spacial score (nSPS) is 12.0. The highest BCUT2D eigenvalue weighted by atomic mass is 16.4. The van der Waals surface area contributed by atoms with Gasteiger partial charge in [0.05, 0.1) is 5.56 Å². The first-order valence-electron chi connectivity index (χ1n) is 6.72. The van der Waals surface area contributed by atoms with E-state index in [1.165, 1.54) is 6.07 Å². The molecular formula is C15H22N2O3. The predicted molar refractivity (Wildman–Crippen MR) is 79.0 cm³/mol. The van der Waals surface area contributed by atoms with Crippen molar-refractivity contribution in [2.75, 3.05) is 11.9 Å². The number of anilines is 1. The van der Waals surface area contributed by atoms with Gasteiger partial charge >= 0.3 is 5.97 Å². The van der Waals surface area contributed by atoms with E-state index in [-0.39, 0.29) is 17.4 Å². The zero-order valence-electron chi connectivity index (χ0n) is 12.2. The lowest BCUT2D eigenvalue weighted by Gasteiger charge is -2.14. The van der Waals surface area contributed by atoms with Gasteiger partial charge in [-0.1, -0.05) is 6.92 Å². The number of carboxylic acids is 1. The van der Waals surface area contributed by atoms with Gasteiger partial charge in [0.1, 0.15) is 0 Å². The summed E-state index contributed by atoms with van der Waals surface area (Å²) in [6, 6.07) is 3.29. The Balaban J connectivity index is 2.88. The van der Waals surface area contributed by atoms with Crippen LogP contribution in [0, 0.1) is 19.8 Å². The van der Waals surface area contributed by atoms with Gasteiger partial charge in [0.25, 0.3) is 0 Å². The highest BCUT2D eigenvalue weighted by molar-refractivity contribution is 5.96. The summed E-state index contributed by atoms with van der Waals surface area (Å²) in [7, 11) is 0. The van der Waals surface area contributed by atoms with Crippen LogP contribution < -0.4 is 11.1 Å². The number of nitrogens with two attached hydrogens (primary N) is 1. The number of aryl methyl sites for hydroxylation is 1. The third kappa shape index (κ3) is 4.06. The van der Waals surface area contributed by atoms with Crippen LogP contribution in [0.15, 0.2) is 12.1 Å². The summed E-state index contributed by atoms with van der Waals surface area (Å²) in [6.07, 6.45) is 1.51. The van der Waals surface area contributed by atoms with E-state index in [1.807, 2.05) is 13.8 Å². The quantitative estimate of drug-likeness (QED) is 0.744. The fourth-order valence-electron chi connectivity index (χ4n) is 1.97. The Kier molecular flexibility index (Phi) is 5.70. The Morgan fingerprint density at radius 2 is 2.00 bits per heavy atom. The molecule has 0 spiro atoms. The number of carboxylic acid groups (broad SMARTS) is 1. The number of benzene rings is 1. The second-order valence-electron chi connectivity index (χ2n) is 5.09. The van der Waals surface area contributed by atoms with Crippen LogP contribution in [-0.2, 0) is 4.79 Å². The Morgan fingerprint density at radius 3 is 2.55 bits per heavy atom. The number of rotatable bonds is 6. The standard InChI is InChI=1S/C15H22N2O3/c1-9(5-4-6-16)14(18)17-12-7-10(2)11(3)13(8-12)15(19)20/h7-9H,4-6,16H2,1-3H3,(H,17,18)(H,19,20). The fourth-order valence-corrected chi connectivity index (χ4v) is 1.97. The maximum atomic E-state index is 12.0. The molecule has 0 aliphatic heterocycles. The van der Waals surface area contributed by atoms with Gasteiger partial charge in [-0.25, -0.2) is 4.79 Å². The molecule has 1 aromatic rings. The third-order valence-electron chi connectivity index (χ3n) is 3.45. The van der Waals surface area contributed by atoms with Crippen LogP contribution in [0.3, 0.4) is 0 Å². The lowest BCUT2D eigenvalue weighted by molar-refractivity contribution is -0.119. The Morgan fingerprint density at radius 1 is 1.35 bits per heavy atom. The second-order valence-corrected chi connectivity index (χ2v) is 5.09. The Bertz CT molecular complexity index is 512. The zero-order valence-corrected chi connectivity index (χ0v) is 12.2. The summed E-state index contributed by atoms with van der Waals surface area (Å²) in [5.74, 6) is -1.25. The van der Waals surface area contributed by atoms with Crippen LogP contribution in [0.4, 0.5) is 5.69 Å². The van der Waals surface area contributed by atoms with Gasteiger partial charge in [-0.2, -0.15) is 0 Å². The first-order valence-corrected chi connectivity index (χ1v) is 6.72. The van der Waals surface area contributed by atoms with Gasteiger partial charge in [-0.15, -0.1) is 0 Å². The molecule has 0 fully saturated rings. The molecule has 1 unspecified atom stereocenters. The summed E-state index contributed by atoms with van der Waals surface area (Å²) in [4.78, 5) is 23.2. The molecule has 0 aromatic heterocycles. The molecule has 1 aromatic carbocycles. The molecule has 4 N–H and O–H groups in total. The molecule has 0 heterocycles. The van der Waals surface area contributed by atoms with E-state index in [9.17, 15) is 9.59 Å². The number of carbonyl (C=O) groups excluding carboxylic acids is 1. The Hall–Kier alpha value is -1.88. The summed E-state index contributed by atoms with van der Waals surface area (Å²) in [6.45, 7) is 5.98. The minimum atomic E-state index is -0.988. The van der Waals surface area contributed by atoms with Gasteiger partial charge in [-0.3, -0.25) is 4.79 Å². The first-order chi connectivity index (χ1) is 9.36. The largest absolute Gasteiger partial charge is 0.478 e. The van der Waals surface area contributed by atoms with Crippen molar-refractivity contribution in [2.24, 2.45) is 11.7 Å². The molecule has 20 heavy (non-hydrogen) atoms. The molecule has 1 amide bonds. The zero-order chi connectivity index (χ0) is 15.3. The van der Waals surface area contributed by atoms with Crippen LogP contribution in [-0.4, -0.2) is 23.5 Å². The van der Waals surface area contributed by atoms with E-state index in [1.54, 1.807) is 13.0 Å². The maximum absolute atomic E-state index is 12.0. The summed E-state index contributed by atoms with van der Waals surface area (Å²) < 4.78 is 0. The lowest BCUT2D eigenvalue weighted by atomic mass is 10.0. The van der Waals surface area contributed by atoms with Gasteiger partial charge in [0.2, 0.25) is 5.91 Å². The molecule has 5 nitrogen and oxygen atoms in total. The topological polar surface area (TPSA) is 92.4 Å². The number of aromatic carboxylic acids is 1. The first kappa shape index (κ1) is 16.2. The van der Waals surface area contributed by atoms with Crippen molar-refractivity contribution in [1.29, 1.82) is 0 Å². The monoisotopic (exact) mass is 278 g/mol. The molecule has 0 saturated heterocycles. The maximum Gasteiger partial charge on any atom is 0.336 e. The summed E-state index contributed by atoms with van der Waals surface area (Å²) in [5, 5.41) is 11.9. The summed E-state index contributed by atoms with van der Waals surface area (Å²) >= 11 is 0. The number of hydrogen-bond acceptors (Lipinski definition) is 3. The molecule has 0 bridgehead atoms. The highest BCUT2D eigenvalue weighted by Crippen LogP contribution is 2.21. The minimum absolute atomic E-state index is 0.113. The van der Waals surface area contributed by atoms with E-state index in [2.05, 4.69) is 5.32 Å². The van der Waals surface area contributed by atoms with E-state index in [0.717, 1.165) is 18.4 Å². The smallest absolute Gasteiger partial charge is 0.336 e. The van der Waals surface area contributed by atoms with Crippen LogP contribution in [0.25, 0.3) is 0 Å². The predicted octanol–water partition coefficient (Wildman–Crippen LogP) is 2.32. The molecule has 110 valence electrons. The number of amides is 1. The SMILES string of the molecule is Cc1cc(NC(=O)C(C)CCCN)cc(C(=O)O)c1C. The minimum Gasteiger partial charge on any atom is -0.478 e. The van der Waals surface area contributed by atoms with Crippen molar-refractivity contribution in [3.8, 4) is 0 Å². The van der Waals surface area contributed by atoms with Crippen molar-refractivity contribution in [3.05, 3.63) is 28.8 Å². The van der Waals surface area contributed by atoms with Gasteiger partial charge < -0.3 is 16.2 Å². The summed E-state index contributed by atoms with van der Waals surface area (Å²) in [5.41, 5.74) is 7.72. The van der Waals surface area contributed by atoms with Crippen molar-refractivity contribution in [2.45, 2.75) is 33.6 Å². The molecule has 1 atom stereocenters. The van der Waals surface area contributed by atoms with E-state index in [4.69, 9.17) is 10.8 Å². The van der Waals surface area contributed by atoms with Crippen LogP contribution in [0.2, 0.25) is 0 Å². The lowest BCUT2D eigenvalue weighted by Crippen LogP contribution is -2.21. The number of hydrogen-bond donors (Lipinski definition) is 3.